The molecule has 1 heterocycles. The van der Waals surface area contributed by atoms with Gasteiger partial charge in [0.2, 0.25) is 10.0 Å². The largest absolute Gasteiger partial charge is 0.480 e. The van der Waals surface area contributed by atoms with Crippen molar-refractivity contribution in [1.82, 2.24) is 4.72 Å². The van der Waals surface area contributed by atoms with Gasteiger partial charge in [-0.05, 0) is 44.3 Å². The Labute approximate surface area is 143 Å². The van der Waals surface area contributed by atoms with E-state index in [1.54, 1.807) is 0 Å². The molecule has 0 radical (unpaired) electrons. The summed E-state index contributed by atoms with van der Waals surface area (Å²) in [5, 5.41) is 9.01. The molecule has 2 N–H and O–H groups in total. The molecule has 21 heavy (non-hydrogen) atoms. The van der Waals surface area contributed by atoms with Gasteiger partial charge in [0.05, 0.1) is 13.3 Å². The number of carbonyl (C=O) groups is 1. The van der Waals surface area contributed by atoms with Gasteiger partial charge in [-0.2, -0.15) is 4.72 Å². The minimum absolute atomic E-state index is 0.106. The zero-order valence-corrected chi connectivity index (χ0v) is 16.2. The van der Waals surface area contributed by atoms with E-state index in [1.807, 2.05) is 4.72 Å². The molecule has 1 aromatic rings. The molecule has 0 aliphatic heterocycles. The number of hydrogen-bond acceptors (Lipinski definition) is 6. The van der Waals surface area contributed by atoms with E-state index in [0.717, 1.165) is 17.6 Å². The zero-order chi connectivity index (χ0) is 16.4. The fourth-order valence-electron chi connectivity index (χ4n) is 1.32. The van der Waals surface area contributed by atoms with Crippen LogP contribution >= 0.6 is 43.2 Å². The number of aliphatic carboxylic acids is 1. The Morgan fingerprint density at radius 3 is 2.33 bits per heavy atom. The van der Waals surface area contributed by atoms with Crippen LogP contribution in [0, 0.1) is 0 Å². The molecular weight excluding hydrogens is 474 g/mol. The van der Waals surface area contributed by atoms with Crippen molar-refractivity contribution >= 4 is 69.0 Å². The first-order valence-electron chi connectivity index (χ1n) is 5.30. The van der Waals surface area contributed by atoms with Crippen LogP contribution < -0.4 is 4.72 Å². The minimum Gasteiger partial charge on any atom is -0.480 e. The Balaban J connectivity index is 2.98. The summed E-state index contributed by atoms with van der Waals surface area (Å²) in [6.07, 6.45) is 0.601. The van der Waals surface area contributed by atoms with Crippen LogP contribution in [0.2, 0.25) is 0 Å². The predicted octanol–water partition coefficient (Wildman–Crippen LogP) is 1.44. The second-order valence-corrected chi connectivity index (χ2v) is 11.8. The second kappa shape index (κ2) is 7.04. The van der Waals surface area contributed by atoms with E-state index >= 15 is 0 Å². The molecular formula is C9H11Br2NO6S3. The van der Waals surface area contributed by atoms with Crippen LogP contribution in [0.3, 0.4) is 0 Å². The summed E-state index contributed by atoms with van der Waals surface area (Å²) >= 11 is 7.32. The predicted molar refractivity (Wildman–Crippen MR) is 85.8 cm³/mol. The van der Waals surface area contributed by atoms with Crippen LogP contribution in [0.15, 0.2) is 18.5 Å². The number of hydrogen-bond donors (Lipinski definition) is 2. The Morgan fingerprint density at radius 1 is 1.38 bits per heavy atom. The zero-order valence-electron chi connectivity index (χ0n) is 10.5. The van der Waals surface area contributed by atoms with Crippen molar-refractivity contribution in [1.29, 1.82) is 0 Å². The van der Waals surface area contributed by atoms with E-state index in [2.05, 4.69) is 31.9 Å². The molecule has 0 fully saturated rings. The molecule has 0 amide bonds. The van der Waals surface area contributed by atoms with E-state index in [-0.39, 0.29) is 11.3 Å². The van der Waals surface area contributed by atoms with Crippen molar-refractivity contribution in [2.75, 3.05) is 12.0 Å². The van der Waals surface area contributed by atoms with Crippen molar-refractivity contribution in [3.05, 3.63) is 13.6 Å². The van der Waals surface area contributed by atoms with Crippen LogP contribution in [-0.2, 0) is 24.7 Å². The smallest absolute Gasteiger partial charge is 0.321 e. The Bertz CT molecular complexity index is 740. The molecule has 1 aromatic heterocycles. The molecule has 0 aliphatic rings. The Hall–Kier alpha value is -0.0100. The molecule has 7 nitrogen and oxygen atoms in total. The Morgan fingerprint density at radius 2 is 1.95 bits per heavy atom. The standard InChI is InChI=1S/C9H11Br2NO6S3/c1-20(15,16)3-2-5(9(13)14)12-21(17,18)6-4-7(10)19-8(6)11/h4-5,12H,2-3H2,1H3,(H,13,14). The lowest BCUT2D eigenvalue weighted by atomic mass is 10.2. The maximum atomic E-state index is 12.1. The number of halogens is 2. The first-order valence-corrected chi connectivity index (χ1v) is 11.2. The Kier molecular flexibility index (Phi) is 6.39. The van der Waals surface area contributed by atoms with E-state index in [9.17, 15) is 21.6 Å². The number of carboxylic acid groups (broad SMARTS) is 1. The van der Waals surface area contributed by atoms with Crippen LogP contribution in [0.4, 0.5) is 0 Å². The van der Waals surface area contributed by atoms with Crippen LogP contribution in [0.25, 0.3) is 0 Å². The summed E-state index contributed by atoms with van der Waals surface area (Å²) in [4.78, 5) is 11.0. The van der Waals surface area contributed by atoms with Gasteiger partial charge in [-0.1, -0.05) is 0 Å². The third-order valence-corrected chi connectivity index (χ3v) is 7.49. The maximum absolute atomic E-state index is 12.1. The lowest BCUT2D eigenvalue weighted by Crippen LogP contribution is -2.41. The van der Waals surface area contributed by atoms with Gasteiger partial charge in [0.1, 0.15) is 20.8 Å². The quantitative estimate of drug-likeness (QED) is 0.604. The number of sulfonamides is 1. The van der Waals surface area contributed by atoms with Gasteiger partial charge in [-0.15, -0.1) is 11.3 Å². The maximum Gasteiger partial charge on any atom is 0.321 e. The minimum atomic E-state index is -4.07. The lowest BCUT2D eigenvalue weighted by Gasteiger charge is -2.13. The van der Waals surface area contributed by atoms with Gasteiger partial charge in [0.15, 0.2) is 0 Å². The molecule has 0 aliphatic carbocycles. The average Bonchev–Trinajstić information content (AvgIpc) is 2.63. The van der Waals surface area contributed by atoms with Gasteiger partial charge in [-0.3, -0.25) is 4.79 Å². The first-order chi connectivity index (χ1) is 9.42. The lowest BCUT2D eigenvalue weighted by molar-refractivity contribution is -0.139. The number of nitrogens with one attached hydrogen (secondary N) is 1. The fraction of sp³-hybridized carbons (Fsp3) is 0.444. The van der Waals surface area contributed by atoms with Crippen LogP contribution in [0.5, 0.6) is 0 Å². The molecule has 1 rings (SSSR count). The summed E-state index contributed by atoms with van der Waals surface area (Å²) in [5.74, 6) is -1.87. The van der Waals surface area contributed by atoms with Crippen molar-refractivity contribution < 1.29 is 26.7 Å². The van der Waals surface area contributed by atoms with Gasteiger partial charge < -0.3 is 5.11 Å². The molecule has 1 unspecified atom stereocenters. The topological polar surface area (TPSA) is 118 Å². The third-order valence-electron chi connectivity index (χ3n) is 2.29. The molecule has 0 saturated carbocycles. The highest BCUT2D eigenvalue weighted by atomic mass is 79.9. The second-order valence-electron chi connectivity index (χ2n) is 4.12. The van der Waals surface area contributed by atoms with Crippen molar-refractivity contribution in [2.24, 2.45) is 0 Å². The third kappa shape index (κ3) is 5.94. The first kappa shape index (κ1) is 19.0. The number of carboxylic acids is 1. The van der Waals surface area contributed by atoms with Gasteiger partial charge in [-0.25, -0.2) is 16.8 Å². The van der Waals surface area contributed by atoms with Gasteiger partial charge in [0, 0.05) is 6.26 Å². The van der Waals surface area contributed by atoms with E-state index in [4.69, 9.17) is 5.11 Å². The fourth-order valence-corrected chi connectivity index (χ4v) is 7.02. The summed E-state index contributed by atoms with van der Waals surface area (Å²) < 4.78 is 49.3. The van der Waals surface area contributed by atoms with E-state index < -0.39 is 37.6 Å². The molecule has 12 heteroatoms. The van der Waals surface area contributed by atoms with E-state index in [1.165, 1.54) is 6.07 Å². The van der Waals surface area contributed by atoms with Crippen molar-refractivity contribution in [3.8, 4) is 0 Å². The summed E-state index contributed by atoms with van der Waals surface area (Å²) in [6.45, 7) is 0. The van der Waals surface area contributed by atoms with Crippen LogP contribution in [-0.4, -0.2) is 46.0 Å². The normalized spacial score (nSPS) is 14.0. The van der Waals surface area contributed by atoms with Crippen molar-refractivity contribution in [3.63, 3.8) is 0 Å². The summed E-state index contributed by atoms with van der Waals surface area (Å²) in [6, 6.07) is -0.192. The molecule has 0 spiro atoms. The SMILES string of the molecule is CS(=O)(=O)CCC(NS(=O)(=O)c1cc(Br)sc1Br)C(=O)O. The highest BCUT2D eigenvalue weighted by Crippen LogP contribution is 2.34. The van der Waals surface area contributed by atoms with Gasteiger partial charge in [0.25, 0.3) is 0 Å². The summed E-state index contributed by atoms with van der Waals surface area (Å²) in [5.41, 5.74) is 0. The molecule has 0 bridgehead atoms. The van der Waals surface area contributed by atoms with Crippen LogP contribution in [0.1, 0.15) is 6.42 Å². The molecule has 0 saturated heterocycles. The highest BCUT2D eigenvalue weighted by Gasteiger charge is 2.28. The van der Waals surface area contributed by atoms with Gasteiger partial charge >= 0.3 is 5.97 Å². The van der Waals surface area contributed by atoms with Crippen molar-refractivity contribution in [2.45, 2.75) is 17.4 Å². The monoisotopic (exact) mass is 483 g/mol. The number of thiophene rings is 1. The summed E-state index contributed by atoms with van der Waals surface area (Å²) in [7, 11) is -7.46. The highest BCUT2D eigenvalue weighted by molar-refractivity contribution is 9.12. The van der Waals surface area contributed by atoms with E-state index in [0.29, 0.717) is 7.57 Å². The average molecular weight is 485 g/mol. The number of rotatable bonds is 7. The molecule has 0 aromatic carbocycles. The molecule has 120 valence electrons. The number of sulfone groups is 1. The molecule has 1 atom stereocenters.